The number of hydrogen-bond acceptors (Lipinski definition) is 2. The summed E-state index contributed by atoms with van der Waals surface area (Å²) in [5.41, 5.74) is 0. The van der Waals surface area contributed by atoms with E-state index in [0.717, 1.165) is 17.9 Å². The average Bonchev–Trinajstić information content (AvgIpc) is 2.27. The molecule has 17 heavy (non-hydrogen) atoms. The fourth-order valence-electron chi connectivity index (χ4n) is 3.07. The lowest BCUT2D eigenvalue weighted by atomic mass is 9.77. The second-order valence-corrected chi connectivity index (χ2v) is 6.46. The standard InChI is InChI=1S/C15H32N2/c1-12(2)14-8-6-7-9-15(14)16-13(3)10-11-17(4)5/h12-16H,6-11H2,1-5H3. The Morgan fingerprint density at radius 2 is 1.76 bits per heavy atom. The Balaban J connectivity index is 2.36. The minimum absolute atomic E-state index is 0.654. The maximum atomic E-state index is 3.88. The van der Waals surface area contributed by atoms with E-state index in [9.17, 15) is 0 Å². The van der Waals surface area contributed by atoms with Crippen LogP contribution in [0.4, 0.5) is 0 Å². The molecule has 2 heteroatoms. The van der Waals surface area contributed by atoms with Crippen LogP contribution in [0.15, 0.2) is 0 Å². The first-order chi connectivity index (χ1) is 8.00. The molecule has 0 radical (unpaired) electrons. The van der Waals surface area contributed by atoms with Crippen molar-refractivity contribution in [1.82, 2.24) is 10.2 Å². The highest BCUT2D eigenvalue weighted by Crippen LogP contribution is 2.30. The summed E-state index contributed by atoms with van der Waals surface area (Å²) in [5.74, 6) is 1.72. The smallest absolute Gasteiger partial charge is 0.0100 e. The molecule has 3 atom stereocenters. The predicted molar refractivity (Wildman–Crippen MR) is 76.4 cm³/mol. The summed E-state index contributed by atoms with van der Waals surface area (Å²) in [4.78, 5) is 2.28. The lowest BCUT2D eigenvalue weighted by Gasteiger charge is -2.37. The molecule has 0 aliphatic heterocycles. The van der Waals surface area contributed by atoms with Gasteiger partial charge in [-0.3, -0.25) is 0 Å². The van der Waals surface area contributed by atoms with Gasteiger partial charge < -0.3 is 10.2 Å². The van der Waals surface area contributed by atoms with Crippen LogP contribution in [0.5, 0.6) is 0 Å². The van der Waals surface area contributed by atoms with Crippen molar-refractivity contribution in [3.63, 3.8) is 0 Å². The Labute approximate surface area is 108 Å². The highest BCUT2D eigenvalue weighted by atomic mass is 15.1. The van der Waals surface area contributed by atoms with Crippen LogP contribution in [0.25, 0.3) is 0 Å². The molecule has 2 nitrogen and oxygen atoms in total. The topological polar surface area (TPSA) is 15.3 Å². The minimum Gasteiger partial charge on any atom is -0.311 e. The van der Waals surface area contributed by atoms with Crippen LogP contribution < -0.4 is 5.32 Å². The van der Waals surface area contributed by atoms with Crippen LogP contribution in [-0.2, 0) is 0 Å². The van der Waals surface area contributed by atoms with Gasteiger partial charge in [0.15, 0.2) is 0 Å². The number of hydrogen-bond donors (Lipinski definition) is 1. The fraction of sp³-hybridized carbons (Fsp3) is 1.00. The van der Waals surface area contributed by atoms with Gasteiger partial charge in [0.2, 0.25) is 0 Å². The molecule has 1 aliphatic rings. The third-order valence-electron chi connectivity index (χ3n) is 4.18. The predicted octanol–water partition coefficient (Wildman–Crippen LogP) is 3.13. The van der Waals surface area contributed by atoms with Gasteiger partial charge in [0.05, 0.1) is 0 Å². The molecule has 0 bridgehead atoms. The van der Waals surface area contributed by atoms with Crippen LogP contribution in [0.3, 0.4) is 0 Å². The molecule has 102 valence electrons. The van der Waals surface area contributed by atoms with Crippen molar-refractivity contribution < 1.29 is 0 Å². The number of nitrogens with one attached hydrogen (secondary N) is 1. The van der Waals surface area contributed by atoms with Crippen LogP contribution in [-0.4, -0.2) is 37.6 Å². The summed E-state index contributed by atoms with van der Waals surface area (Å²) in [7, 11) is 4.31. The van der Waals surface area contributed by atoms with Crippen molar-refractivity contribution in [3.8, 4) is 0 Å². The third-order valence-corrected chi connectivity index (χ3v) is 4.18. The molecule has 0 saturated heterocycles. The van der Waals surface area contributed by atoms with Gasteiger partial charge in [-0.05, 0) is 58.7 Å². The number of nitrogens with zero attached hydrogens (tertiary/aromatic N) is 1. The zero-order chi connectivity index (χ0) is 12.8. The Morgan fingerprint density at radius 1 is 1.12 bits per heavy atom. The van der Waals surface area contributed by atoms with Crippen molar-refractivity contribution in [1.29, 1.82) is 0 Å². The number of rotatable bonds is 6. The second kappa shape index (κ2) is 7.38. The first-order valence-corrected chi connectivity index (χ1v) is 7.41. The fourth-order valence-corrected chi connectivity index (χ4v) is 3.07. The van der Waals surface area contributed by atoms with E-state index in [1.165, 1.54) is 38.6 Å². The molecule has 1 aliphatic carbocycles. The van der Waals surface area contributed by atoms with E-state index in [2.05, 4.69) is 45.1 Å². The summed E-state index contributed by atoms with van der Waals surface area (Å²) in [6, 6.07) is 1.42. The van der Waals surface area contributed by atoms with Crippen LogP contribution >= 0.6 is 0 Å². The van der Waals surface area contributed by atoms with E-state index in [-0.39, 0.29) is 0 Å². The van der Waals surface area contributed by atoms with Gasteiger partial charge in [0.25, 0.3) is 0 Å². The average molecular weight is 240 g/mol. The van der Waals surface area contributed by atoms with Crippen molar-refractivity contribution in [2.45, 2.75) is 65.0 Å². The monoisotopic (exact) mass is 240 g/mol. The maximum absolute atomic E-state index is 3.88. The third kappa shape index (κ3) is 5.39. The Kier molecular flexibility index (Phi) is 6.50. The van der Waals surface area contributed by atoms with Gasteiger partial charge in [-0.1, -0.05) is 26.7 Å². The molecule has 0 amide bonds. The van der Waals surface area contributed by atoms with Crippen molar-refractivity contribution in [2.24, 2.45) is 11.8 Å². The van der Waals surface area contributed by atoms with E-state index in [1.807, 2.05) is 0 Å². The van der Waals surface area contributed by atoms with E-state index in [4.69, 9.17) is 0 Å². The Bertz CT molecular complexity index is 201. The normalized spacial score (nSPS) is 27.7. The van der Waals surface area contributed by atoms with Crippen LogP contribution in [0.1, 0.15) is 52.9 Å². The van der Waals surface area contributed by atoms with Crippen LogP contribution in [0.2, 0.25) is 0 Å². The SMILES string of the molecule is CC(CCN(C)C)NC1CCCCC1C(C)C. The van der Waals surface area contributed by atoms with E-state index < -0.39 is 0 Å². The largest absolute Gasteiger partial charge is 0.311 e. The molecule has 0 aromatic rings. The maximum Gasteiger partial charge on any atom is 0.0100 e. The summed E-state index contributed by atoms with van der Waals surface area (Å²) < 4.78 is 0. The molecular formula is C15H32N2. The van der Waals surface area contributed by atoms with E-state index in [1.54, 1.807) is 0 Å². The van der Waals surface area contributed by atoms with E-state index >= 15 is 0 Å². The Morgan fingerprint density at radius 3 is 2.35 bits per heavy atom. The van der Waals surface area contributed by atoms with Crippen molar-refractivity contribution in [3.05, 3.63) is 0 Å². The molecule has 3 unspecified atom stereocenters. The highest BCUT2D eigenvalue weighted by molar-refractivity contribution is 4.84. The molecule has 1 rings (SSSR count). The summed E-state index contributed by atoms with van der Waals surface area (Å²) >= 11 is 0. The second-order valence-electron chi connectivity index (χ2n) is 6.46. The molecular weight excluding hydrogens is 208 g/mol. The lowest BCUT2D eigenvalue weighted by Crippen LogP contribution is -2.45. The first kappa shape index (κ1) is 15.0. The molecule has 0 heterocycles. The highest BCUT2D eigenvalue weighted by Gasteiger charge is 2.27. The molecule has 1 saturated carbocycles. The van der Waals surface area contributed by atoms with Gasteiger partial charge in [-0.15, -0.1) is 0 Å². The lowest BCUT2D eigenvalue weighted by molar-refractivity contribution is 0.189. The Hall–Kier alpha value is -0.0800. The van der Waals surface area contributed by atoms with Gasteiger partial charge in [-0.2, -0.15) is 0 Å². The summed E-state index contributed by atoms with van der Waals surface area (Å²) in [6.45, 7) is 8.30. The summed E-state index contributed by atoms with van der Waals surface area (Å²) in [5, 5.41) is 3.88. The molecule has 1 N–H and O–H groups in total. The van der Waals surface area contributed by atoms with E-state index in [0.29, 0.717) is 6.04 Å². The molecule has 1 fully saturated rings. The minimum atomic E-state index is 0.654. The van der Waals surface area contributed by atoms with Gasteiger partial charge in [0.1, 0.15) is 0 Å². The van der Waals surface area contributed by atoms with Crippen molar-refractivity contribution >= 4 is 0 Å². The van der Waals surface area contributed by atoms with Gasteiger partial charge in [0, 0.05) is 12.1 Å². The summed E-state index contributed by atoms with van der Waals surface area (Å²) in [6.07, 6.45) is 6.92. The van der Waals surface area contributed by atoms with Gasteiger partial charge in [-0.25, -0.2) is 0 Å². The quantitative estimate of drug-likeness (QED) is 0.767. The zero-order valence-electron chi connectivity index (χ0n) is 12.5. The van der Waals surface area contributed by atoms with Crippen LogP contribution in [0, 0.1) is 11.8 Å². The zero-order valence-corrected chi connectivity index (χ0v) is 12.5. The molecule has 0 aromatic carbocycles. The molecule has 0 aromatic heterocycles. The van der Waals surface area contributed by atoms with Crippen molar-refractivity contribution in [2.75, 3.05) is 20.6 Å². The first-order valence-electron chi connectivity index (χ1n) is 7.41. The molecule has 0 spiro atoms. The van der Waals surface area contributed by atoms with Gasteiger partial charge >= 0.3 is 0 Å².